The Kier molecular flexibility index (Phi) is 6.72. The van der Waals surface area contributed by atoms with Gasteiger partial charge in [0.2, 0.25) is 0 Å². The molecule has 0 bridgehead atoms. The minimum atomic E-state index is -0.0234. The first-order valence-electron chi connectivity index (χ1n) is 6.47. The van der Waals surface area contributed by atoms with Crippen molar-refractivity contribution in [3.05, 3.63) is 0 Å². The number of carbonyl (C=O) groups is 1. The lowest BCUT2D eigenvalue weighted by Gasteiger charge is -1.98. The van der Waals surface area contributed by atoms with Crippen molar-refractivity contribution >= 4 is 5.97 Å². The second-order valence-electron chi connectivity index (χ2n) is 4.36. The van der Waals surface area contributed by atoms with E-state index >= 15 is 0 Å². The largest absolute Gasteiger partial charge is 0.464 e. The molecule has 1 saturated carbocycles. The Morgan fingerprint density at radius 2 is 1.94 bits per heavy atom. The highest BCUT2D eigenvalue weighted by Crippen LogP contribution is 2.29. The van der Waals surface area contributed by atoms with Crippen LogP contribution < -0.4 is 0 Å². The number of esters is 1. The lowest BCUT2D eigenvalue weighted by molar-refractivity contribution is -0.144. The molecule has 0 amide bonds. The molecule has 0 saturated heterocycles. The van der Waals surface area contributed by atoms with Crippen molar-refractivity contribution in [2.24, 2.45) is 5.92 Å². The fourth-order valence-electron chi connectivity index (χ4n) is 1.46. The predicted octanol–water partition coefficient (Wildman–Crippen LogP) is 3.30. The monoisotopic (exact) mass is 222 g/mol. The molecule has 1 aliphatic carbocycles. The van der Waals surface area contributed by atoms with E-state index in [1.807, 2.05) is 0 Å². The van der Waals surface area contributed by atoms with Gasteiger partial charge in [-0.2, -0.15) is 0 Å². The van der Waals surface area contributed by atoms with Gasteiger partial charge in [0.1, 0.15) is 6.61 Å². The molecule has 0 aromatic heterocycles. The highest BCUT2D eigenvalue weighted by Gasteiger charge is 2.30. The van der Waals surface area contributed by atoms with Crippen molar-refractivity contribution in [3.63, 3.8) is 0 Å². The van der Waals surface area contributed by atoms with E-state index in [2.05, 4.69) is 18.8 Å². The van der Waals surface area contributed by atoms with Crippen LogP contribution >= 0.6 is 0 Å². The maximum atomic E-state index is 11.1. The zero-order valence-corrected chi connectivity index (χ0v) is 10.3. The van der Waals surface area contributed by atoms with Crippen LogP contribution in [0.1, 0.15) is 58.3 Å². The van der Waals surface area contributed by atoms with Crippen LogP contribution in [-0.4, -0.2) is 12.6 Å². The van der Waals surface area contributed by atoms with Crippen molar-refractivity contribution in [1.29, 1.82) is 0 Å². The number of hydrogen-bond acceptors (Lipinski definition) is 2. The van der Waals surface area contributed by atoms with Gasteiger partial charge in [0, 0.05) is 12.8 Å². The first-order chi connectivity index (χ1) is 7.84. The number of unbranched alkanes of at least 4 members (excludes halogenated alkanes) is 4. The summed E-state index contributed by atoms with van der Waals surface area (Å²) in [5.74, 6) is 6.36. The molecule has 0 aromatic rings. The fraction of sp³-hybridized carbons (Fsp3) is 0.786. The Morgan fingerprint density at radius 1 is 1.19 bits per heavy atom. The van der Waals surface area contributed by atoms with Crippen LogP contribution in [0.2, 0.25) is 0 Å². The van der Waals surface area contributed by atoms with Gasteiger partial charge >= 0.3 is 5.97 Å². The first-order valence-corrected chi connectivity index (χ1v) is 6.47. The van der Waals surface area contributed by atoms with Gasteiger partial charge in [0.25, 0.3) is 0 Å². The summed E-state index contributed by atoms with van der Waals surface area (Å²) in [7, 11) is 0. The molecular weight excluding hydrogens is 200 g/mol. The molecule has 1 fully saturated rings. The molecule has 16 heavy (non-hydrogen) atoms. The SMILES string of the molecule is CCCCCCC#CCCOC(=O)C1CC1. The summed E-state index contributed by atoms with van der Waals surface area (Å²) >= 11 is 0. The third kappa shape index (κ3) is 6.50. The van der Waals surface area contributed by atoms with E-state index in [4.69, 9.17) is 4.74 Å². The number of hydrogen-bond donors (Lipinski definition) is 0. The zero-order chi connectivity index (χ0) is 11.6. The van der Waals surface area contributed by atoms with E-state index in [0.29, 0.717) is 13.0 Å². The van der Waals surface area contributed by atoms with E-state index < -0.39 is 0 Å². The number of carbonyl (C=O) groups excluding carboxylic acids is 1. The maximum absolute atomic E-state index is 11.1. The molecule has 1 aliphatic rings. The minimum absolute atomic E-state index is 0.0234. The highest BCUT2D eigenvalue weighted by molar-refractivity contribution is 5.74. The molecule has 0 spiro atoms. The van der Waals surface area contributed by atoms with E-state index in [1.165, 1.54) is 25.7 Å². The van der Waals surface area contributed by atoms with Crippen molar-refractivity contribution in [3.8, 4) is 11.8 Å². The Bertz CT molecular complexity index is 256. The van der Waals surface area contributed by atoms with Crippen LogP contribution in [0.25, 0.3) is 0 Å². The van der Waals surface area contributed by atoms with Crippen LogP contribution in [0.15, 0.2) is 0 Å². The lowest BCUT2D eigenvalue weighted by atomic mass is 10.1. The molecule has 2 nitrogen and oxygen atoms in total. The zero-order valence-electron chi connectivity index (χ0n) is 10.3. The normalized spacial score (nSPS) is 14.1. The van der Waals surface area contributed by atoms with Gasteiger partial charge < -0.3 is 4.74 Å². The van der Waals surface area contributed by atoms with Crippen molar-refractivity contribution in [1.82, 2.24) is 0 Å². The summed E-state index contributed by atoms with van der Waals surface area (Å²) in [6.07, 6.45) is 8.75. The number of ether oxygens (including phenoxy) is 1. The summed E-state index contributed by atoms with van der Waals surface area (Å²) in [4.78, 5) is 11.1. The topological polar surface area (TPSA) is 26.3 Å². The van der Waals surface area contributed by atoms with Gasteiger partial charge in [0.15, 0.2) is 0 Å². The number of rotatable bonds is 7. The molecule has 90 valence electrons. The second-order valence-corrected chi connectivity index (χ2v) is 4.36. The van der Waals surface area contributed by atoms with Gasteiger partial charge in [-0.15, -0.1) is 5.92 Å². The van der Waals surface area contributed by atoms with Gasteiger partial charge in [-0.1, -0.05) is 32.1 Å². The van der Waals surface area contributed by atoms with E-state index in [1.54, 1.807) is 0 Å². The Labute approximate surface area is 98.8 Å². The van der Waals surface area contributed by atoms with Crippen LogP contribution in [0.5, 0.6) is 0 Å². The molecule has 0 aliphatic heterocycles. The predicted molar refractivity (Wildman–Crippen MR) is 64.8 cm³/mol. The van der Waals surface area contributed by atoms with Crippen molar-refractivity contribution < 1.29 is 9.53 Å². The molecule has 0 heterocycles. The van der Waals surface area contributed by atoms with Gasteiger partial charge in [-0.3, -0.25) is 4.79 Å². The van der Waals surface area contributed by atoms with Crippen molar-refractivity contribution in [2.75, 3.05) is 6.61 Å². The molecular formula is C14H22O2. The Balaban J connectivity index is 1.86. The van der Waals surface area contributed by atoms with E-state index in [9.17, 15) is 4.79 Å². The molecule has 0 N–H and O–H groups in total. The first kappa shape index (κ1) is 13.1. The van der Waals surface area contributed by atoms with E-state index in [-0.39, 0.29) is 11.9 Å². The quantitative estimate of drug-likeness (QED) is 0.375. The molecule has 0 radical (unpaired) electrons. The van der Waals surface area contributed by atoms with Gasteiger partial charge in [-0.05, 0) is 19.3 Å². The molecule has 1 rings (SSSR count). The Hall–Kier alpha value is -0.970. The van der Waals surface area contributed by atoms with Crippen molar-refractivity contribution in [2.45, 2.75) is 58.3 Å². The molecule has 0 unspecified atom stereocenters. The van der Waals surface area contributed by atoms with E-state index in [0.717, 1.165) is 19.3 Å². The third-order valence-corrected chi connectivity index (χ3v) is 2.66. The summed E-state index contributed by atoms with van der Waals surface area (Å²) < 4.78 is 5.07. The molecule has 2 heteroatoms. The molecule has 0 atom stereocenters. The average molecular weight is 222 g/mol. The van der Waals surface area contributed by atoms with Gasteiger partial charge in [-0.25, -0.2) is 0 Å². The van der Waals surface area contributed by atoms with Crippen LogP contribution in [0, 0.1) is 17.8 Å². The highest BCUT2D eigenvalue weighted by atomic mass is 16.5. The minimum Gasteiger partial charge on any atom is -0.464 e. The standard InChI is InChI=1S/C14H22O2/c1-2-3-4-5-6-7-8-9-12-16-14(15)13-10-11-13/h13H,2-6,9-12H2,1H3. The van der Waals surface area contributed by atoms with Crippen LogP contribution in [0.3, 0.4) is 0 Å². The smallest absolute Gasteiger partial charge is 0.308 e. The summed E-state index contributed by atoms with van der Waals surface area (Å²) in [6.45, 7) is 2.68. The average Bonchev–Trinajstić information content (AvgIpc) is 3.10. The fourth-order valence-corrected chi connectivity index (χ4v) is 1.46. The van der Waals surface area contributed by atoms with Crippen LogP contribution in [0.4, 0.5) is 0 Å². The summed E-state index contributed by atoms with van der Waals surface area (Å²) in [5.41, 5.74) is 0. The van der Waals surface area contributed by atoms with Crippen LogP contribution in [-0.2, 0) is 9.53 Å². The summed E-state index contributed by atoms with van der Waals surface area (Å²) in [5, 5.41) is 0. The van der Waals surface area contributed by atoms with Gasteiger partial charge in [0.05, 0.1) is 5.92 Å². The molecule has 0 aromatic carbocycles. The third-order valence-electron chi connectivity index (χ3n) is 2.66. The maximum Gasteiger partial charge on any atom is 0.308 e. The second kappa shape index (κ2) is 8.21. The summed E-state index contributed by atoms with van der Waals surface area (Å²) in [6, 6.07) is 0. The lowest BCUT2D eigenvalue weighted by Crippen LogP contribution is -2.06. The Morgan fingerprint density at radius 3 is 2.62 bits per heavy atom.